The molecule has 0 spiro atoms. The van der Waals surface area contributed by atoms with Crippen molar-refractivity contribution in [3.63, 3.8) is 0 Å². The molecule has 0 saturated heterocycles. The molecule has 2 aromatic rings. The molecule has 5 nitrogen and oxygen atoms in total. The molecule has 20 heavy (non-hydrogen) atoms. The van der Waals surface area contributed by atoms with Gasteiger partial charge in [-0.25, -0.2) is 0 Å². The molecule has 1 heterocycles. The minimum Gasteiger partial charge on any atom is -0.493 e. The lowest BCUT2D eigenvalue weighted by molar-refractivity contribution is 0.230. The summed E-state index contributed by atoms with van der Waals surface area (Å²) >= 11 is 6.33. The number of methoxy groups -OCH3 is 1. The normalized spacial score (nSPS) is 10.9. The van der Waals surface area contributed by atoms with Crippen LogP contribution < -0.4 is 15.2 Å². The number of halogens is 1. The van der Waals surface area contributed by atoms with Gasteiger partial charge in [0.05, 0.1) is 24.4 Å². The van der Waals surface area contributed by atoms with Crippen molar-refractivity contribution >= 4 is 17.4 Å². The van der Waals surface area contributed by atoms with Crippen LogP contribution in [-0.4, -0.2) is 23.0 Å². The van der Waals surface area contributed by atoms with Crippen LogP contribution in [0.5, 0.6) is 11.5 Å². The average Bonchev–Trinajstić information content (AvgIpc) is 2.70. The van der Waals surface area contributed by atoms with E-state index in [1.165, 1.54) is 0 Å². The fourth-order valence-corrected chi connectivity index (χ4v) is 2.16. The van der Waals surface area contributed by atoms with E-state index in [1.807, 2.05) is 19.9 Å². The van der Waals surface area contributed by atoms with Gasteiger partial charge in [-0.05, 0) is 19.9 Å². The van der Waals surface area contributed by atoms with Crippen molar-refractivity contribution < 1.29 is 9.47 Å². The Balaban J connectivity index is 2.53. The maximum Gasteiger partial charge on any atom is 0.163 e. The van der Waals surface area contributed by atoms with E-state index in [0.717, 1.165) is 11.1 Å². The summed E-state index contributed by atoms with van der Waals surface area (Å²) in [6.07, 6.45) is 1.72. The van der Waals surface area contributed by atoms with Crippen LogP contribution in [0.2, 0.25) is 5.02 Å². The molecule has 0 radical (unpaired) electrons. The maximum atomic E-state index is 6.33. The van der Waals surface area contributed by atoms with Gasteiger partial charge < -0.3 is 15.2 Å². The third kappa shape index (κ3) is 2.67. The van der Waals surface area contributed by atoms with Crippen LogP contribution in [0.1, 0.15) is 13.8 Å². The highest BCUT2D eigenvalue weighted by atomic mass is 35.5. The van der Waals surface area contributed by atoms with E-state index in [2.05, 4.69) is 5.10 Å². The molecule has 0 aliphatic carbocycles. The summed E-state index contributed by atoms with van der Waals surface area (Å²) < 4.78 is 12.6. The highest BCUT2D eigenvalue weighted by molar-refractivity contribution is 6.33. The molecule has 0 saturated carbocycles. The van der Waals surface area contributed by atoms with Gasteiger partial charge >= 0.3 is 0 Å². The van der Waals surface area contributed by atoms with Gasteiger partial charge in [0.15, 0.2) is 11.5 Å². The monoisotopic (exact) mass is 295 g/mol. The maximum absolute atomic E-state index is 6.33. The Morgan fingerprint density at radius 3 is 2.45 bits per heavy atom. The number of aryl methyl sites for hydroxylation is 1. The van der Waals surface area contributed by atoms with Crippen LogP contribution in [-0.2, 0) is 7.05 Å². The molecule has 1 aromatic carbocycles. The van der Waals surface area contributed by atoms with E-state index in [0.29, 0.717) is 22.3 Å². The number of hydrogen-bond acceptors (Lipinski definition) is 4. The zero-order chi connectivity index (χ0) is 14.9. The Kier molecular flexibility index (Phi) is 4.09. The van der Waals surface area contributed by atoms with E-state index < -0.39 is 0 Å². The van der Waals surface area contributed by atoms with Gasteiger partial charge in [0.1, 0.15) is 5.82 Å². The van der Waals surface area contributed by atoms with E-state index in [9.17, 15) is 0 Å². The zero-order valence-corrected chi connectivity index (χ0v) is 12.7. The Hall–Kier alpha value is -1.88. The summed E-state index contributed by atoms with van der Waals surface area (Å²) in [7, 11) is 3.37. The minimum absolute atomic E-state index is 0.0364. The van der Waals surface area contributed by atoms with Crippen molar-refractivity contribution in [2.45, 2.75) is 20.0 Å². The summed E-state index contributed by atoms with van der Waals surface area (Å²) in [5, 5.41) is 4.66. The van der Waals surface area contributed by atoms with Crippen molar-refractivity contribution in [2.75, 3.05) is 12.8 Å². The largest absolute Gasteiger partial charge is 0.493 e. The number of anilines is 1. The number of nitrogens with two attached hydrogens (primary N) is 1. The average molecular weight is 296 g/mol. The topological polar surface area (TPSA) is 62.3 Å². The second-order valence-corrected chi connectivity index (χ2v) is 5.12. The Bertz CT molecular complexity index is 623. The smallest absolute Gasteiger partial charge is 0.163 e. The Morgan fingerprint density at radius 2 is 1.95 bits per heavy atom. The van der Waals surface area contributed by atoms with Gasteiger partial charge in [-0.1, -0.05) is 11.6 Å². The molecule has 108 valence electrons. The van der Waals surface area contributed by atoms with Crippen molar-refractivity contribution in [3.05, 3.63) is 23.4 Å². The van der Waals surface area contributed by atoms with Gasteiger partial charge in [-0.2, -0.15) is 5.10 Å². The van der Waals surface area contributed by atoms with Crippen molar-refractivity contribution in [1.29, 1.82) is 0 Å². The predicted octanol–water partition coefficient (Wildman–Crippen LogP) is 3.12. The lowest BCUT2D eigenvalue weighted by Crippen LogP contribution is -2.07. The molecule has 2 rings (SSSR count). The molecule has 1 aromatic heterocycles. The Morgan fingerprint density at radius 1 is 1.25 bits per heavy atom. The first-order chi connectivity index (χ1) is 9.43. The van der Waals surface area contributed by atoms with Crippen molar-refractivity contribution in [3.8, 4) is 22.6 Å². The first-order valence-corrected chi connectivity index (χ1v) is 6.63. The van der Waals surface area contributed by atoms with Crippen LogP contribution in [0, 0.1) is 0 Å². The molecule has 0 aliphatic rings. The molecule has 0 fully saturated rings. The quantitative estimate of drug-likeness (QED) is 0.941. The van der Waals surface area contributed by atoms with Gasteiger partial charge in [0.2, 0.25) is 0 Å². The third-order valence-electron chi connectivity index (χ3n) is 2.89. The highest BCUT2D eigenvalue weighted by Crippen LogP contribution is 2.40. The summed E-state index contributed by atoms with van der Waals surface area (Å²) in [4.78, 5) is 0. The van der Waals surface area contributed by atoms with Crippen LogP contribution in [0.3, 0.4) is 0 Å². The number of hydrogen-bond donors (Lipinski definition) is 1. The van der Waals surface area contributed by atoms with Gasteiger partial charge in [0, 0.05) is 24.2 Å². The molecule has 6 heteroatoms. The molecule has 0 aliphatic heterocycles. The number of nitrogen functional groups attached to an aromatic ring is 1. The predicted molar refractivity (Wildman–Crippen MR) is 80.4 cm³/mol. The first kappa shape index (κ1) is 14.5. The number of nitrogens with zero attached hydrogens (tertiary/aromatic N) is 2. The molecule has 0 bridgehead atoms. The van der Waals surface area contributed by atoms with Crippen LogP contribution >= 0.6 is 11.6 Å². The molecular formula is C14H18ClN3O2. The van der Waals surface area contributed by atoms with Gasteiger partial charge in [-0.15, -0.1) is 0 Å². The summed E-state index contributed by atoms with van der Waals surface area (Å²) in [6, 6.07) is 3.55. The standard InChI is InChI=1S/C14H18ClN3O2/c1-8(2)20-13-6-11(15)9(5-12(13)19-4)10-7-17-18(3)14(10)16/h5-8H,16H2,1-4H3. The number of rotatable bonds is 4. The Labute approximate surface area is 123 Å². The van der Waals surface area contributed by atoms with E-state index in [4.69, 9.17) is 26.8 Å². The van der Waals surface area contributed by atoms with Gasteiger partial charge in [-0.3, -0.25) is 4.68 Å². The lowest BCUT2D eigenvalue weighted by Gasteiger charge is -2.15. The summed E-state index contributed by atoms with van der Waals surface area (Å²) in [5.41, 5.74) is 7.52. The van der Waals surface area contributed by atoms with Crippen LogP contribution in [0.25, 0.3) is 11.1 Å². The fourth-order valence-electron chi connectivity index (χ4n) is 1.90. The summed E-state index contributed by atoms with van der Waals surface area (Å²) in [5.74, 6) is 1.77. The number of benzene rings is 1. The SMILES string of the molecule is COc1cc(-c2cnn(C)c2N)c(Cl)cc1OC(C)C. The number of aromatic nitrogens is 2. The van der Waals surface area contributed by atoms with Crippen molar-refractivity contribution in [2.24, 2.45) is 7.05 Å². The molecule has 0 unspecified atom stereocenters. The zero-order valence-electron chi connectivity index (χ0n) is 12.0. The third-order valence-corrected chi connectivity index (χ3v) is 3.20. The molecule has 0 atom stereocenters. The van der Waals surface area contributed by atoms with E-state index >= 15 is 0 Å². The molecule has 0 amide bonds. The van der Waals surface area contributed by atoms with Gasteiger partial charge in [0.25, 0.3) is 0 Å². The fraction of sp³-hybridized carbons (Fsp3) is 0.357. The van der Waals surface area contributed by atoms with E-state index in [-0.39, 0.29) is 6.10 Å². The van der Waals surface area contributed by atoms with Crippen molar-refractivity contribution in [1.82, 2.24) is 9.78 Å². The lowest BCUT2D eigenvalue weighted by atomic mass is 10.1. The molecule has 2 N–H and O–H groups in total. The van der Waals surface area contributed by atoms with Crippen LogP contribution in [0.15, 0.2) is 18.3 Å². The highest BCUT2D eigenvalue weighted by Gasteiger charge is 2.16. The first-order valence-electron chi connectivity index (χ1n) is 6.26. The second kappa shape index (κ2) is 5.63. The second-order valence-electron chi connectivity index (χ2n) is 4.72. The van der Waals surface area contributed by atoms with E-state index in [1.54, 1.807) is 31.1 Å². The van der Waals surface area contributed by atoms with Crippen LogP contribution in [0.4, 0.5) is 5.82 Å². The number of ether oxygens (including phenoxy) is 2. The summed E-state index contributed by atoms with van der Waals surface area (Å²) in [6.45, 7) is 3.89. The minimum atomic E-state index is 0.0364. The molecular weight excluding hydrogens is 278 g/mol.